The maximum Gasteiger partial charge on any atom is 0.408 e. The van der Waals surface area contributed by atoms with Crippen LogP contribution in [0.15, 0.2) is 30.3 Å². The summed E-state index contributed by atoms with van der Waals surface area (Å²) in [6.07, 6.45) is 2.11. The summed E-state index contributed by atoms with van der Waals surface area (Å²) in [7, 11) is 0. The summed E-state index contributed by atoms with van der Waals surface area (Å²) in [6.45, 7) is 3.92. The minimum Gasteiger partial charge on any atom is -0.464 e. The molecule has 0 saturated carbocycles. The number of alkyl carbamates (subject to hydrolysis) is 1. The molecule has 1 N–H and O–H groups in total. The summed E-state index contributed by atoms with van der Waals surface area (Å²) in [5.41, 5.74) is 0.832. The predicted molar refractivity (Wildman–Crippen MR) is 89.3 cm³/mol. The standard InChI is InChI=1S/C18H25NO5/c1-3-5-11-15(12-20)16(17(21)23-4-2)19-18(22)24-13-14-9-7-6-8-10-14/h6-10,12,15-16H,3-5,11,13H2,1-2H3,(H,19,22)/t15-,16-/m0/s1. The summed E-state index contributed by atoms with van der Waals surface area (Å²) in [5, 5.41) is 2.46. The number of carbonyl (C=O) groups is 3. The first-order chi connectivity index (χ1) is 11.6. The molecule has 0 spiro atoms. The highest BCUT2D eigenvalue weighted by atomic mass is 16.6. The van der Waals surface area contributed by atoms with E-state index in [-0.39, 0.29) is 13.2 Å². The first-order valence-electron chi connectivity index (χ1n) is 8.21. The van der Waals surface area contributed by atoms with Gasteiger partial charge >= 0.3 is 12.1 Å². The Morgan fingerprint density at radius 2 is 1.88 bits per heavy atom. The Morgan fingerprint density at radius 3 is 2.46 bits per heavy atom. The first-order valence-corrected chi connectivity index (χ1v) is 8.21. The lowest BCUT2D eigenvalue weighted by Gasteiger charge is -2.22. The van der Waals surface area contributed by atoms with Crippen LogP contribution in [0.1, 0.15) is 38.7 Å². The minimum atomic E-state index is -1.03. The molecule has 132 valence electrons. The second-order valence-electron chi connectivity index (χ2n) is 5.38. The van der Waals surface area contributed by atoms with Crippen molar-refractivity contribution >= 4 is 18.3 Å². The topological polar surface area (TPSA) is 81.7 Å². The third-order valence-corrected chi connectivity index (χ3v) is 3.52. The molecule has 1 rings (SSSR count). The zero-order valence-electron chi connectivity index (χ0n) is 14.2. The van der Waals surface area contributed by atoms with Crippen LogP contribution in [0, 0.1) is 5.92 Å². The third kappa shape index (κ3) is 6.81. The lowest BCUT2D eigenvalue weighted by molar-refractivity contribution is -0.148. The van der Waals surface area contributed by atoms with Crippen molar-refractivity contribution in [3.63, 3.8) is 0 Å². The number of rotatable bonds is 10. The highest BCUT2D eigenvalue weighted by molar-refractivity contribution is 5.84. The monoisotopic (exact) mass is 335 g/mol. The molecule has 1 amide bonds. The van der Waals surface area contributed by atoms with Crippen LogP contribution < -0.4 is 5.32 Å². The van der Waals surface area contributed by atoms with Gasteiger partial charge in [0.05, 0.1) is 6.61 Å². The number of nitrogens with one attached hydrogen (secondary N) is 1. The zero-order valence-corrected chi connectivity index (χ0v) is 14.2. The molecule has 0 aromatic heterocycles. The second kappa shape index (κ2) is 11.2. The molecule has 0 bridgehead atoms. The van der Waals surface area contributed by atoms with Crippen LogP contribution >= 0.6 is 0 Å². The van der Waals surface area contributed by atoms with E-state index in [1.54, 1.807) is 6.92 Å². The van der Waals surface area contributed by atoms with Crippen molar-refractivity contribution in [2.24, 2.45) is 5.92 Å². The van der Waals surface area contributed by atoms with Crippen molar-refractivity contribution in [3.05, 3.63) is 35.9 Å². The van der Waals surface area contributed by atoms with Crippen LogP contribution in [0.4, 0.5) is 4.79 Å². The molecule has 0 unspecified atom stereocenters. The molecule has 6 heteroatoms. The van der Waals surface area contributed by atoms with Crippen LogP contribution in [0.5, 0.6) is 0 Å². The van der Waals surface area contributed by atoms with Gasteiger partial charge in [-0.1, -0.05) is 50.1 Å². The Morgan fingerprint density at radius 1 is 1.17 bits per heavy atom. The number of amides is 1. The normalized spacial score (nSPS) is 12.8. The van der Waals surface area contributed by atoms with Crippen LogP contribution in [0.25, 0.3) is 0 Å². The van der Waals surface area contributed by atoms with Gasteiger partial charge in [0, 0.05) is 5.92 Å². The third-order valence-electron chi connectivity index (χ3n) is 3.52. The molecule has 0 radical (unpaired) electrons. The van der Waals surface area contributed by atoms with Gasteiger partial charge in [0.25, 0.3) is 0 Å². The molecule has 1 aromatic rings. The highest BCUT2D eigenvalue weighted by Gasteiger charge is 2.31. The second-order valence-corrected chi connectivity index (χ2v) is 5.38. The Kier molecular flexibility index (Phi) is 9.19. The molecule has 0 saturated heterocycles. The molecule has 2 atom stereocenters. The van der Waals surface area contributed by atoms with Gasteiger partial charge in [-0.2, -0.15) is 0 Å². The molecule has 0 aliphatic heterocycles. The summed E-state index contributed by atoms with van der Waals surface area (Å²) in [5.74, 6) is -1.25. The van der Waals surface area contributed by atoms with E-state index in [0.29, 0.717) is 12.7 Å². The van der Waals surface area contributed by atoms with Gasteiger partial charge in [-0.15, -0.1) is 0 Å². The highest BCUT2D eigenvalue weighted by Crippen LogP contribution is 2.13. The number of aldehydes is 1. The molecule has 0 aliphatic carbocycles. The van der Waals surface area contributed by atoms with Gasteiger partial charge in [0.15, 0.2) is 0 Å². The number of ether oxygens (including phenoxy) is 2. The van der Waals surface area contributed by atoms with Crippen molar-refractivity contribution in [2.45, 2.75) is 45.8 Å². The predicted octanol–water partition coefficient (Wildman–Crippen LogP) is 2.85. The molecule has 6 nitrogen and oxygen atoms in total. The van der Waals surface area contributed by atoms with E-state index in [0.717, 1.165) is 18.4 Å². The Bertz CT molecular complexity index is 517. The molecular weight excluding hydrogens is 310 g/mol. The van der Waals surface area contributed by atoms with Crippen molar-refractivity contribution in [1.82, 2.24) is 5.32 Å². The van der Waals surface area contributed by atoms with E-state index < -0.39 is 24.0 Å². The van der Waals surface area contributed by atoms with Gasteiger partial charge in [-0.3, -0.25) is 0 Å². The van der Waals surface area contributed by atoms with E-state index in [4.69, 9.17) is 9.47 Å². The SMILES string of the molecule is CCCC[C@@H](C=O)[C@H](NC(=O)OCc1ccccc1)C(=O)OCC. The lowest BCUT2D eigenvalue weighted by atomic mass is 9.95. The maximum atomic E-state index is 12.1. The fraction of sp³-hybridized carbons (Fsp3) is 0.500. The van der Waals surface area contributed by atoms with Gasteiger partial charge < -0.3 is 19.6 Å². The molecule has 0 heterocycles. The Labute approximate surface area is 142 Å². The van der Waals surface area contributed by atoms with Crippen molar-refractivity contribution in [2.75, 3.05) is 6.61 Å². The smallest absolute Gasteiger partial charge is 0.408 e. The Hall–Kier alpha value is -2.37. The van der Waals surface area contributed by atoms with Crippen LogP contribution in [-0.4, -0.2) is 31.0 Å². The fourth-order valence-corrected chi connectivity index (χ4v) is 2.22. The Balaban J connectivity index is 2.66. The largest absolute Gasteiger partial charge is 0.464 e. The minimum absolute atomic E-state index is 0.0862. The van der Waals surface area contributed by atoms with Gasteiger partial charge in [0.2, 0.25) is 0 Å². The molecule has 1 aromatic carbocycles. The molecular formula is C18H25NO5. The number of hydrogen-bond acceptors (Lipinski definition) is 5. The zero-order chi connectivity index (χ0) is 17.8. The van der Waals surface area contributed by atoms with E-state index >= 15 is 0 Å². The van der Waals surface area contributed by atoms with E-state index in [2.05, 4.69) is 5.32 Å². The van der Waals surface area contributed by atoms with Crippen molar-refractivity contribution in [1.29, 1.82) is 0 Å². The first kappa shape index (κ1) is 19.7. The quantitative estimate of drug-likeness (QED) is 0.525. The van der Waals surface area contributed by atoms with Gasteiger partial charge in [-0.25, -0.2) is 9.59 Å². The molecule has 24 heavy (non-hydrogen) atoms. The number of benzene rings is 1. The van der Waals surface area contributed by atoms with E-state index in [1.807, 2.05) is 37.3 Å². The van der Waals surface area contributed by atoms with Gasteiger partial charge in [0.1, 0.15) is 18.9 Å². The van der Waals surface area contributed by atoms with E-state index in [1.165, 1.54) is 0 Å². The number of unbranched alkanes of at least 4 members (excludes halogenated alkanes) is 1. The van der Waals surface area contributed by atoms with Crippen molar-refractivity contribution in [3.8, 4) is 0 Å². The maximum absolute atomic E-state index is 12.1. The van der Waals surface area contributed by atoms with Crippen LogP contribution in [-0.2, 0) is 25.7 Å². The van der Waals surface area contributed by atoms with Crippen molar-refractivity contribution < 1.29 is 23.9 Å². The number of carbonyl (C=O) groups excluding carboxylic acids is 3. The summed E-state index contributed by atoms with van der Waals surface area (Å²) in [4.78, 5) is 35.4. The summed E-state index contributed by atoms with van der Waals surface area (Å²) in [6, 6.07) is 8.16. The average Bonchev–Trinajstić information content (AvgIpc) is 2.60. The summed E-state index contributed by atoms with van der Waals surface area (Å²) < 4.78 is 10.1. The average molecular weight is 335 g/mol. The molecule has 0 aliphatic rings. The number of hydrogen-bond donors (Lipinski definition) is 1. The van der Waals surface area contributed by atoms with E-state index in [9.17, 15) is 14.4 Å². The van der Waals surface area contributed by atoms with Crippen LogP contribution in [0.2, 0.25) is 0 Å². The lowest BCUT2D eigenvalue weighted by Crippen LogP contribution is -2.47. The fourth-order valence-electron chi connectivity index (χ4n) is 2.22. The van der Waals surface area contributed by atoms with Crippen LogP contribution in [0.3, 0.4) is 0 Å². The molecule has 0 fully saturated rings. The number of esters is 1. The van der Waals surface area contributed by atoms with Gasteiger partial charge in [-0.05, 0) is 18.9 Å². The summed E-state index contributed by atoms with van der Waals surface area (Å²) >= 11 is 0.